The topological polar surface area (TPSA) is 71.8 Å². The third-order valence-corrected chi connectivity index (χ3v) is 4.17. The van der Waals surface area contributed by atoms with Gasteiger partial charge in [0.25, 0.3) is 0 Å². The Bertz CT molecular complexity index is 795. The Balaban J connectivity index is 0. The molecule has 0 spiro atoms. The molecule has 0 saturated heterocycles. The number of benzene rings is 1. The molecule has 33 heavy (non-hydrogen) atoms. The SMILES string of the molecule is CC.CC/C=C/N.CCC/C=C\CC(F)(F)F.Cc1cccc(Cl)c1Cc1ncc(C=O)[nH]1. The molecule has 0 atom stereocenters. The number of aryl methyl sites for hydroxylation is 1. The second-order valence-electron chi connectivity index (χ2n) is 6.53. The lowest BCUT2D eigenvalue weighted by molar-refractivity contribution is -0.125. The van der Waals surface area contributed by atoms with Crippen molar-refractivity contribution in [3.05, 3.63) is 76.5 Å². The van der Waals surface area contributed by atoms with Crippen molar-refractivity contribution < 1.29 is 18.0 Å². The van der Waals surface area contributed by atoms with Crippen LogP contribution in [0, 0.1) is 6.92 Å². The number of carbonyl (C=O) groups is 1. The Morgan fingerprint density at radius 3 is 2.24 bits per heavy atom. The summed E-state index contributed by atoms with van der Waals surface area (Å²) in [6.45, 7) is 9.98. The van der Waals surface area contributed by atoms with Gasteiger partial charge in [0.1, 0.15) is 5.82 Å². The number of carbonyl (C=O) groups excluding carboxylic acids is 1. The summed E-state index contributed by atoms with van der Waals surface area (Å²) in [7, 11) is 0. The molecule has 0 amide bonds. The molecule has 1 heterocycles. The average molecular weight is 488 g/mol. The van der Waals surface area contributed by atoms with E-state index in [1.165, 1.54) is 12.3 Å². The zero-order chi connectivity index (χ0) is 25.7. The molecule has 0 unspecified atom stereocenters. The Labute approximate surface area is 201 Å². The first-order valence-electron chi connectivity index (χ1n) is 11.0. The van der Waals surface area contributed by atoms with E-state index >= 15 is 0 Å². The molecule has 0 aliphatic rings. The summed E-state index contributed by atoms with van der Waals surface area (Å²) in [6, 6.07) is 5.78. The first kappa shape index (κ1) is 32.6. The van der Waals surface area contributed by atoms with Gasteiger partial charge in [0.2, 0.25) is 0 Å². The number of allylic oxidation sites excluding steroid dienone is 3. The molecule has 8 heteroatoms. The fourth-order valence-electron chi connectivity index (χ4n) is 2.22. The summed E-state index contributed by atoms with van der Waals surface area (Å²) in [5.74, 6) is 0.748. The van der Waals surface area contributed by atoms with Crippen LogP contribution in [0.5, 0.6) is 0 Å². The lowest BCUT2D eigenvalue weighted by Gasteiger charge is -2.05. The molecule has 2 aromatic rings. The van der Waals surface area contributed by atoms with Crippen molar-refractivity contribution >= 4 is 17.9 Å². The van der Waals surface area contributed by atoms with E-state index in [-0.39, 0.29) is 0 Å². The van der Waals surface area contributed by atoms with E-state index in [0.29, 0.717) is 12.1 Å². The van der Waals surface area contributed by atoms with Gasteiger partial charge < -0.3 is 10.7 Å². The molecule has 1 aromatic heterocycles. The van der Waals surface area contributed by atoms with E-state index < -0.39 is 12.6 Å². The van der Waals surface area contributed by atoms with Crippen molar-refractivity contribution in [2.75, 3.05) is 0 Å². The van der Waals surface area contributed by atoms with Crippen LogP contribution in [0.1, 0.15) is 80.8 Å². The number of imidazole rings is 1. The number of aromatic amines is 1. The van der Waals surface area contributed by atoms with Crippen LogP contribution in [-0.2, 0) is 6.42 Å². The predicted octanol–water partition coefficient (Wildman–Crippen LogP) is 7.96. The molecule has 2 rings (SSSR count). The lowest BCUT2D eigenvalue weighted by atomic mass is 10.1. The Hall–Kier alpha value is -2.54. The van der Waals surface area contributed by atoms with E-state index in [1.807, 2.05) is 58.9 Å². The highest BCUT2D eigenvalue weighted by Gasteiger charge is 2.24. The number of H-pyrrole nitrogens is 1. The third kappa shape index (κ3) is 17.7. The zero-order valence-corrected chi connectivity index (χ0v) is 20.9. The van der Waals surface area contributed by atoms with Crippen molar-refractivity contribution in [1.82, 2.24) is 9.97 Å². The van der Waals surface area contributed by atoms with Gasteiger partial charge in [-0.1, -0.05) is 76.1 Å². The van der Waals surface area contributed by atoms with Crippen molar-refractivity contribution in [3.8, 4) is 0 Å². The van der Waals surface area contributed by atoms with Crippen LogP contribution in [0.4, 0.5) is 13.2 Å². The number of alkyl halides is 3. The highest BCUT2D eigenvalue weighted by atomic mass is 35.5. The van der Waals surface area contributed by atoms with E-state index in [9.17, 15) is 18.0 Å². The lowest BCUT2D eigenvalue weighted by Crippen LogP contribution is -2.03. The molecule has 0 aliphatic heterocycles. The van der Waals surface area contributed by atoms with Crippen LogP contribution >= 0.6 is 11.6 Å². The van der Waals surface area contributed by atoms with Crippen LogP contribution in [0.3, 0.4) is 0 Å². The van der Waals surface area contributed by atoms with Gasteiger partial charge in [0.05, 0.1) is 18.3 Å². The number of nitrogens with two attached hydrogens (primary N) is 1. The van der Waals surface area contributed by atoms with Crippen LogP contribution in [0.15, 0.2) is 48.8 Å². The van der Waals surface area contributed by atoms with E-state index in [1.54, 1.807) is 12.3 Å². The normalized spacial score (nSPS) is 10.6. The summed E-state index contributed by atoms with van der Waals surface area (Å²) in [5, 5.41) is 0.726. The first-order valence-corrected chi connectivity index (χ1v) is 11.4. The number of halogens is 4. The average Bonchev–Trinajstić information content (AvgIpc) is 3.24. The summed E-state index contributed by atoms with van der Waals surface area (Å²) < 4.78 is 34.3. The van der Waals surface area contributed by atoms with Crippen LogP contribution in [0.2, 0.25) is 5.02 Å². The monoisotopic (exact) mass is 487 g/mol. The maximum absolute atomic E-state index is 11.4. The smallest absolute Gasteiger partial charge is 0.392 e. The van der Waals surface area contributed by atoms with Gasteiger partial charge in [-0.15, -0.1) is 0 Å². The molecule has 0 fully saturated rings. The standard InChI is InChI=1S/C12H11ClN2O.C7H11F3.C4H9N.C2H6/c1-8-3-2-4-11(13)10(8)5-12-14-6-9(7-16)15-12;1-2-3-4-5-6-7(8,9)10;1-2-3-4-5;1-2/h2-4,6-7H,5H2,1H3,(H,14,15);4-5H,2-3,6H2,1H3;3-4H,2,5H2,1H3;1-2H3/b;5-4-;4-3+;. The highest BCUT2D eigenvalue weighted by molar-refractivity contribution is 6.31. The Morgan fingerprint density at radius 1 is 1.15 bits per heavy atom. The number of nitrogens with zero attached hydrogens (tertiary/aromatic N) is 1. The molecule has 0 bridgehead atoms. The van der Waals surface area contributed by atoms with Gasteiger partial charge >= 0.3 is 6.18 Å². The zero-order valence-electron chi connectivity index (χ0n) is 20.2. The third-order valence-electron chi connectivity index (χ3n) is 3.82. The van der Waals surface area contributed by atoms with Crippen LogP contribution < -0.4 is 5.73 Å². The maximum atomic E-state index is 11.4. The molecule has 1 aromatic carbocycles. The molecule has 186 valence electrons. The second-order valence-corrected chi connectivity index (χ2v) is 6.94. The van der Waals surface area contributed by atoms with Gasteiger partial charge in [0, 0.05) is 11.4 Å². The summed E-state index contributed by atoms with van der Waals surface area (Å²) >= 11 is 6.11. The Kier molecular flexibility index (Phi) is 19.9. The number of rotatable bonds is 7. The minimum absolute atomic E-state index is 0.486. The largest absolute Gasteiger partial charge is 0.405 e. The number of nitrogens with one attached hydrogen (secondary N) is 1. The van der Waals surface area contributed by atoms with Crippen LogP contribution in [0.25, 0.3) is 0 Å². The minimum Gasteiger partial charge on any atom is -0.405 e. The predicted molar refractivity (Wildman–Crippen MR) is 133 cm³/mol. The molecular formula is C25H37ClF3N3O. The van der Waals surface area contributed by atoms with Gasteiger partial charge in [-0.3, -0.25) is 4.79 Å². The fourth-order valence-corrected chi connectivity index (χ4v) is 2.51. The van der Waals surface area contributed by atoms with Gasteiger partial charge in [-0.2, -0.15) is 13.2 Å². The van der Waals surface area contributed by atoms with Crippen molar-refractivity contribution in [1.29, 1.82) is 0 Å². The maximum Gasteiger partial charge on any atom is 0.392 e. The number of aldehydes is 1. The van der Waals surface area contributed by atoms with Gasteiger partial charge in [-0.05, 0) is 43.2 Å². The fraction of sp³-hybridized carbons (Fsp3) is 0.440. The number of aromatic nitrogens is 2. The van der Waals surface area contributed by atoms with Gasteiger partial charge in [0.15, 0.2) is 6.29 Å². The molecular weight excluding hydrogens is 451 g/mol. The van der Waals surface area contributed by atoms with Crippen molar-refractivity contribution in [2.45, 2.75) is 72.9 Å². The molecule has 0 aliphatic carbocycles. The summed E-state index contributed by atoms with van der Waals surface area (Å²) in [4.78, 5) is 17.6. The first-order chi connectivity index (χ1) is 15.7. The second kappa shape index (κ2) is 20.1. The van der Waals surface area contributed by atoms with Gasteiger partial charge in [-0.25, -0.2) is 4.98 Å². The number of hydrogen-bond acceptors (Lipinski definition) is 3. The number of hydrogen-bond donors (Lipinski definition) is 2. The molecule has 0 saturated carbocycles. The summed E-state index contributed by atoms with van der Waals surface area (Å²) in [5.41, 5.74) is 7.60. The molecule has 3 N–H and O–H groups in total. The highest BCUT2D eigenvalue weighted by Crippen LogP contribution is 2.21. The van der Waals surface area contributed by atoms with E-state index in [0.717, 1.165) is 47.5 Å². The van der Waals surface area contributed by atoms with E-state index in [2.05, 4.69) is 9.97 Å². The molecule has 4 nitrogen and oxygen atoms in total. The van der Waals surface area contributed by atoms with Crippen molar-refractivity contribution in [3.63, 3.8) is 0 Å². The summed E-state index contributed by atoms with van der Waals surface area (Å²) in [6.07, 6.45) is 6.90. The van der Waals surface area contributed by atoms with Crippen molar-refractivity contribution in [2.24, 2.45) is 5.73 Å². The van der Waals surface area contributed by atoms with Crippen LogP contribution in [-0.4, -0.2) is 22.4 Å². The Morgan fingerprint density at radius 2 is 1.82 bits per heavy atom. The molecule has 0 radical (unpaired) electrons. The number of unbranched alkanes of at least 4 members (excludes halogenated alkanes) is 1. The minimum atomic E-state index is -4.04. The quantitative estimate of drug-likeness (QED) is 0.307. The van der Waals surface area contributed by atoms with E-state index in [4.69, 9.17) is 17.3 Å².